The van der Waals surface area contributed by atoms with E-state index in [2.05, 4.69) is 26.1 Å². The average molecular weight is 354 g/mol. The molecule has 114 valence electrons. The number of piperidine rings is 1. The largest absolute Gasteiger partial charge is 0.381 e. The molecule has 0 aromatic heterocycles. The molecule has 1 N–H and O–H groups in total. The third kappa shape index (κ3) is 3.06. The fraction of sp³-hybridized carbons (Fsp3) is 0.600. The number of anilines is 1. The lowest BCUT2D eigenvalue weighted by atomic mass is 9.97. The Morgan fingerprint density at radius 3 is 2.95 bits per heavy atom. The third-order valence-electron chi connectivity index (χ3n) is 4.66. The Bertz CT molecular complexity index is 564. The number of nitrogens with one attached hydrogen (secondary N) is 1. The SMILES string of the molecule is Cc1cc(NC2CCN3CCCC3C2)c(Br)cc1[N+](=O)[O-]. The molecule has 2 aliphatic rings. The summed E-state index contributed by atoms with van der Waals surface area (Å²) in [5, 5.41) is 14.5. The van der Waals surface area contributed by atoms with Gasteiger partial charge in [0, 0.05) is 40.4 Å². The molecule has 0 saturated carbocycles. The topological polar surface area (TPSA) is 58.4 Å². The van der Waals surface area contributed by atoms with Crippen LogP contribution in [0, 0.1) is 17.0 Å². The maximum atomic E-state index is 11.0. The first-order chi connectivity index (χ1) is 10.0. The van der Waals surface area contributed by atoms with Crippen molar-refractivity contribution in [1.29, 1.82) is 0 Å². The first-order valence-electron chi connectivity index (χ1n) is 7.49. The summed E-state index contributed by atoms with van der Waals surface area (Å²) in [6.45, 7) is 4.19. The number of nitro groups is 1. The molecule has 2 fully saturated rings. The van der Waals surface area contributed by atoms with Crippen molar-refractivity contribution in [3.05, 3.63) is 32.3 Å². The van der Waals surface area contributed by atoms with Crippen LogP contribution in [0.4, 0.5) is 11.4 Å². The predicted molar refractivity (Wildman–Crippen MR) is 86.8 cm³/mol. The summed E-state index contributed by atoms with van der Waals surface area (Å²) in [4.78, 5) is 13.2. The van der Waals surface area contributed by atoms with Crippen molar-refractivity contribution in [1.82, 2.24) is 4.90 Å². The molecule has 0 spiro atoms. The van der Waals surface area contributed by atoms with Gasteiger partial charge in [-0.2, -0.15) is 0 Å². The van der Waals surface area contributed by atoms with Crippen LogP contribution in [0.2, 0.25) is 0 Å². The van der Waals surface area contributed by atoms with Crippen LogP contribution in [0.15, 0.2) is 16.6 Å². The number of fused-ring (bicyclic) bond motifs is 1. The molecule has 2 atom stereocenters. The Labute approximate surface area is 133 Å². The summed E-state index contributed by atoms with van der Waals surface area (Å²) in [5.74, 6) is 0. The minimum absolute atomic E-state index is 0.165. The van der Waals surface area contributed by atoms with Crippen LogP contribution >= 0.6 is 15.9 Å². The fourth-order valence-corrected chi connectivity index (χ4v) is 4.00. The van der Waals surface area contributed by atoms with Gasteiger partial charge in [0.25, 0.3) is 5.69 Å². The smallest absolute Gasteiger partial charge is 0.273 e. The highest BCUT2D eigenvalue weighted by molar-refractivity contribution is 9.10. The van der Waals surface area contributed by atoms with Gasteiger partial charge in [0.15, 0.2) is 0 Å². The number of halogens is 1. The van der Waals surface area contributed by atoms with E-state index >= 15 is 0 Å². The molecule has 2 aliphatic heterocycles. The summed E-state index contributed by atoms with van der Waals surface area (Å²) < 4.78 is 0.772. The molecule has 5 nitrogen and oxygen atoms in total. The lowest BCUT2D eigenvalue weighted by Gasteiger charge is -2.35. The van der Waals surface area contributed by atoms with Gasteiger partial charge in [-0.05, 0) is 61.1 Å². The van der Waals surface area contributed by atoms with E-state index in [-0.39, 0.29) is 10.6 Å². The van der Waals surface area contributed by atoms with E-state index in [9.17, 15) is 10.1 Å². The number of hydrogen-bond donors (Lipinski definition) is 1. The molecule has 3 rings (SSSR count). The number of rotatable bonds is 3. The fourth-order valence-electron chi connectivity index (χ4n) is 3.55. The summed E-state index contributed by atoms with van der Waals surface area (Å²) in [5.41, 5.74) is 1.83. The predicted octanol–water partition coefficient (Wildman–Crippen LogP) is 3.70. The summed E-state index contributed by atoms with van der Waals surface area (Å²) in [6, 6.07) is 4.65. The average Bonchev–Trinajstić information content (AvgIpc) is 2.89. The maximum absolute atomic E-state index is 11.0. The standard InChI is InChI=1S/C15H20BrN3O2/c1-10-7-14(13(16)9-15(10)19(20)21)17-11-4-6-18-5-2-3-12(18)8-11/h7,9,11-12,17H,2-6,8H2,1H3. The second-order valence-corrected chi connectivity index (χ2v) is 6.93. The highest BCUT2D eigenvalue weighted by Gasteiger charge is 2.31. The molecule has 0 aliphatic carbocycles. The van der Waals surface area contributed by atoms with Crippen LogP contribution in [0.5, 0.6) is 0 Å². The number of benzene rings is 1. The highest BCUT2D eigenvalue weighted by Crippen LogP contribution is 2.33. The van der Waals surface area contributed by atoms with Crippen LogP contribution in [0.1, 0.15) is 31.2 Å². The number of aryl methyl sites for hydroxylation is 1. The minimum Gasteiger partial charge on any atom is -0.381 e. The van der Waals surface area contributed by atoms with Gasteiger partial charge < -0.3 is 10.2 Å². The summed E-state index contributed by atoms with van der Waals surface area (Å²) in [7, 11) is 0. The third-order valence-corrected chi connectivity index (χ3v) is 5.32. The van der Waals surface area contributed by atoms with Crippen LogP contribution < -0.4 is 5.32 Å². The molecular weight excluding hydrogens is 334 g/mol. The van der Waals surface area contributed by atoms with Crippen LogP contribution in [0.3, 0.4) is 0 Å². The Hall–Kier alpha value is -1.14. The van der Waals surface area contributed by atoms with E-state index in [0.29, 0.717) is 17.6 Å². The van der Waals surface area contributed by atoms with Crippen molar-refractivity contribution in [2.24, 2.45) is 0 Å². The van der Waals surface area contributed by atoms with Crippen molar-refractivity contribution >= 4 is 27.3 Å². The first kappa shape index (κ1) is 14.8. The van der Waals surface area contributed by atoms with Gasteiger partial charge in [0.1, 0.15) is 0 Å². The molecule has 2 unspecified atom stereocenters. The molecule has 2 saturated heterocycles. The zero-order valence-corrected chi connectivity index (χ0v) is 13.7. The zero-order valence-electron chi connectivity index (χ0n) is 12.1. The lowest BCUT2D eigenvalue weighted by Crippen LogP contribution is -2.42. The Kier molecular flexibility index (Phi) is 4.17. The number of nitrogens with zero attached hydrogens (tertiary/aromatic N) is 2. The molecule has 0 amide bonds. The highest BCUT2D eigenvalue weighted by atomic mass is 79.9. The molecular formula is C15H20BrN3O2. The molecule has 21 heavy (non-hydrogen) atoms. The van der Waals surface area contributed by atoms with E-state index in [1.807, 2.05) is 6.07 Å². The van der Waals surface area contributed by atoms with Gasteiger partial charge in [0.2, 0.25) is 0 Å². The second-order valence-electron chi connectivity index (χ2n) is 6.07. The van der Waals surface area contributed by atoms with E-state index in [0.717, 1.165) is 23.1 Å². The minimum atomic E-state index is -0.332. The van der Waals surface area contributed by atoms with E-state index in [1.54, 1.807) is 13.0 Å². The first-order valence-corrected chi connectivity index (χ1v) is 8.29. The Morgan fingerprint density at radius 2 is 2.19 bits per heavy atom. The summed E-state index contributed by atoms with van der Waals surface area (Å²) >= 11 is 3.46. The number of nitro benzene ring substituents is 1. The van der Waals surface area contributed by atoms with Gasteiger partial charge in [-0.25, -0.2) is 0 Å². The van der Waals surface area contributed by atoms with Crippen LogP contribution in [0.25, 0.3) is 0 Å². The van der Waals surface area contributed by atoms with Crippen molar-refractivity contribution < 1.29 is 4.92 Å². The molecule has 0 radical (unpaired) electrons. The van der Waals surface area contributed by atoms with Crippen molar-refractivity contribution in [3.8, 4) is 0 Å². The molecule has 1 aromatic rings. The van der Waals surface area contributed by atoms with Crippen molar-refractivity contribution in [2.75, 3.05) is 18.4 Å². The van der Waals surface area contributed by atoms with Gasteiger partial charge in [-0.1, -0.05) is 0 Å². The van der Waals surface area contributed by atoms with Crippen molar-refractivity contribution in [3.63, 3.8) is 0 Å². The van der Waals surface area contributed by atoms with E-state index < -0.39 is 0 Å². The summed E-state index contributed by atoms with van der Waals surface area (Å²) in [6.07, 6.45) is 4.93. The molecule has 1 aromatic carbocycles. The zero-order chi connectivity index (χ0) is 15.0. The molecule has 2 heterocycles. The lowest BCUT2D eigenvalue weighted by molar-refractivity contribution is -0.385. The molecule has 0 bridgehead atoms. The normalized spacial score (nSPS) is 25.6. The van der Waals surface area contributed by atoms with Gasteiger partial charge in [-0.3, -0.25) is 10.1 Å². The van der Waals surface area contributed by atoms with Crippen LogP contribution in [-0.2, 0) is 0 Å². The second kappa shape index (κ2) is 5.93. The van der Waals surface area contributed by atoms with Crippen molar-refractivity contribution in [2.45, 2.75) is 44.7 Å². The van der Waals surface area contributed by atoms with Crippen LogP contribution in [-0.4, -0.2) is 35.0 Å². The quantitative estimate of drug-likeness (QED) is 0.664. The Balaban J connectivity index is 1.73. The maximum Gasteiger partial charge on any atom is 0.273 e. The Morgan fingerprint density at radius 1 is 1.38 bits per heavy atom. The number of hydrogen-bond acceptors (Lipinski definition) is 4. The molecule has 6 heteroatoms. The van der Waals surface area contributed by atoms with Gasteiger partial charge >= 0.3 is 0 Å². The van der Waals surface area contributed by atoms with Gasteiger partial charge in [-0.15, -0.1) is 0 Å². The van der Waals surface area contributed by atoms with Gasteiger partial charge in [0.05, 0.1) is 4.92 Å². The van der Waals surface area contributed by atoms with E-state index in [1.165, 1.54) is 25.8 Å². The van der Waals surface area contributed by atoms with E-state index in [4.69, 9.17) is 0 Å². The monoisotopic (exact) mass is 353 g/mol.